The standard InChI is InChI=1S/C16H16N4OS/c17-12-14(15-2-1-11-22-15)19-7-9-20(10-8-19)16(21)13-3-5-18-6-4-13/h1-6,11,14H,7-10H2. The Morgan fingerprint density at radius 2 is 1.95 bits per heavy atom. The topological polar surface area (TPSA) is 60.2 Å². The Hall–Kier alpha value is -2.23. The zero-order chi connectivity index (χ0) is 15.4. The highest BCUT2D eigenvalue weighted by molar-refractivity contribution is 7.10. The molecular weight excluding hydrogens is 296 g/mol. The number of carbonyl (C=O) groups is 1. The molecule has 112 valence electrons. The first-order valence-corrected chi connectivity index (χ1v) is 8.04. The highest BCUT2D eigenvalue weighted by Gasteiger charge is 2.27. The summed E-state index contributed by atoms with van der Waals surface area (Å²) in [5, 5.41) is 11.4. The normalized spacial score (nSPS) is 17.0. The molecule has 0 saturated carbocycles. The first-order chi connectivity index (χ1) is 10.8. The van der Waals surface area contributed by atoms with Crippen LogP contribution in [0, 0.1) is 11.3 Å². The summed E-state index contributed by atoms with van der Waals surface area (Å²) in [5.74, 6) is 0.0340. The average molecular weight is 312 g/mol. The van der Waals surface area contributed by atoms with Crippen LogP contribution in [0.1, 0.15) is 21.3 Å². The van der Waals surface area contributed by atoms with Crippen molar-refractivity contribution in [2.75, 3.05) is 26.2 Å². The molecule has 1 atom stereocenters. The van der Waals surface area contributed by atoms with E-state index < -0.39 is 0 Å². The van der Waals surface area contributed by atoms with Gasteiger partial charge in [-0.25, -0.2) is 0 Å². The van der Waals surface area contributed by atoms with Crippen LogP contribution in [0.3, 0.4) is 0 Å². The average Bonchev–Trinajstić information content (AvgIpc) is 3.11. The summed E-state index contributed by atoms with van der Waals surface area (Å²) in [6.45, 7) is 2.72. The van der Waals surface area contributed by atoms with Crippen LogP contribution in [-0.4, -0.2) is 46.9 Å². The number of piperazine rings is 1. The minimum absolute atomic E-state index is 0.0340. The maximum atomic E-state index is 12.4. The summed E-state index contributed by atoms with van der Waals surface area (Å²) in [4.78, 5) is 21.4. The maximum Gasteiger partial charge on any atom is 0.254 e. The van der Waals surface area contributed by atoms with Crippen molar-refractivity contribution in [3.8, 4) is 6.07 Å². The van der Waals surface area contributed by atoms with Crippen molar-refractivity contribution in [3.63, 3.8) is 0 Å². The van der Waals surface area contributed by atoms with Crippen molar-refractivity contribution in [2.45, 2.75) is 6.04 Å². The summed E-state index contributed by atoms with van der Waals surface area (Å²) in [6, 6.07) is 9.59. The molecule has 0 N–H and O–H groups in total. The molecule has 1 saturated heterocycles. The van der Waals surface area contributed by atoms with Crippen LogP contribution in [-0.2, 0) is 0 Å². The number of aromatic nitrogens is 1. The van der Waals surface area contributed by atoms with Crippen LogP contribution in [0.2, 0.25) is 0 Å². The second-order valence-electron chi connectivity index (χ2n) is 5.11. The number of carbonyl (C=O) groups excluding carboxylic acids is 1. The Bertz CT molecular complexity index is 657. The summed E-state index contributed by atoms with van der Waals surface area (Å²) >= 11 is 1.60. The largest absolute Gasteiger partial charge is 0.336 e. The number of nitrogens with zero attached hydrogens (tertiary/aromatic N) is 4. The van der Waals surface area contributed by atoms with Gasteiger partial charge >= 0.3 is 0 Å². The fourth-order valence-electron chi connectivity index (χ4n) is 2.63. The van der Waals surface area contributed by atoms with Gasteiger partial charge in [0.25, 0.3) is 5.91 Å². The lowest BCUT2D eigenvalue weighted by molar-refractivity contribution is 0.0608. The van der Waals surface area contributed by atoms with Gasteiger partial charge < -0.3 is 4.90 Å². The molecule has 1 aliphatic heterocycles. The van der Waals surface area contributed by atoms with Gasteiger partial charge in [0, 0.05) is 49.0 Å². The molecule has 5 nitrogen and oxygen atoms in total. The lowest BCUT2D eigenvalue weighted by Crippen LogP contribution is -2.49. The number of hydrogen-bond acceptors (Lipinski definition) is 5. The van der Waals surface area contributed by atoms with Crippen molar-refractivity contribution in [3.05, 3.63) is 52.5 Å². The third kappa shape index (κ3) is 3.01. The first kappa shape index (κ1) is 14.7. The van der Waals surface area contributed by atoms with Gasteiger partial charge in [0.2, 0.25) is 0 Å². The van der Waals surface area contributed by atoms with Crippen LogP contribution in [0.25, 0.3) is 0 Å². The van der Waals surface area contributed by atoms with Crippen molar-refractivity contribution in [1.82, 2.24) is 14.8 Å². The van der Waals surface area contributed by atoms with E-state index in [2.05, 4.69) is 16.0 Å². The predicted octanol–water partition coefficient (Wildman–Crippen LogP) is 2.17. The van der Waals surface area contributed by atoms with E-state index in [1.807, 2.05) is 22.4 Å². The second-order valence-corrected chi connectivity index (χ2v) is 6.09. The number of rotatable bonds is 3. The Balaban J connectivity index is 1.63. The quantitative estimate of drug-likeness (QED) is 0.871. The lowest BCUT2D eigenvalue weighted by atomic mass is 10.1. The van der Waals surface area contributed by atoms with Crippen molar-refractivity contribution >= 4 is 17.2 Å². The molecule has 0 bridgehead atoms. The van der Waals surface area contributed by atoms with E-state index in [4.69, 9.17) is 0 Å². The first-order valence-electron chi connectivity index (χ1n) is 7.16. The monoisotopic (exact) mass is 312 g/mol. The van der Waals surface area contributed by atoms with Crippen molar-refractivity contribution < 1.29 is 4.79 Å². The summed E-state index contributed by atoms with van der Waals surface area (Å²) in [5.41, 5.74) is 0.665. The van der Waals surface area contributed by atoms with Gasteiger partial charge in [-0.05, 0) is 23.6 Å². The minimum atomic E-state index is -0.210. The van der Waals surface area contributed by atoms with Gasteiger partial charge in [0.1, 0.15) is 6.04 Å². The van der Waals surface area contributed by atoms with E-state index in [1.54, 1.807) is 35.9 Å². The minimum Gasteiger partial charge on any atom is -0.336 e. The van der Waals surface area contributed by atoms with E-state index in [1.165, 1.54) is 0 Å². The molecular formula is C16H16N4OS. The summed E-state index contributed by atoms with van der Waals surface area (Å²) in [6.07, 6.45) is 3.26. The van der Waals surface area contributed by atoms with Gasteiger partial charge in [0.15, 0.2) is 0 Å². The van der Waals surface area contributed by atoms with Gasteiger partial charge in [-0.2, -0.15) is 5.26 Å². The third-order valence-electron chi connectivity index (χ3n) is 3.83. The van der Waals surface area contributed by atoms with E-state index in [-0.39, 0.29) is 11.9 Å². The molecule has 22 heavy (non-hydrogen) atoms. The van der Waals surface area contributed by atoms with Crippen molar-refractivity contribution in [1.29, 1.82) is 5.26 Å². The Morgan fingerprint density at radius 3 is 2.55 bits per heavy atom. The molecule has 1 amide bonds. The van der Waals surface area contributed by atoms with Crippen molar-refractivity contribution in [2.24, 2.45) is 0 Å². The fourth-order valence-corrected chi connectivity index (χ4v) is 3.43. The van der Waals surface area contributed by atoms with Crippen LogP contribution >= 0.6 is 11.3 Å². The molecule has 0 radical (unpaired) electrons. The molecule has 0 aliphatic carbocycles. The van der Waals surface area contributed by atoms with E-state index in [0.29, 0.717) is 31.7 Å². The maximum absolute atomic E-state index is 12.4. The molecule has 1 unspecified atom stereocenters. The summed E-state index contributed by atoms with van der Waals surface area (Å²) < 4.78 is 0. The Morgan fingerprint density at radius 1 is 1.23 bits per heavy atom. The van der Waals surface area contributed by atoms with Gasteiger partial charge in [-0.3, -0.25) is 14.7 Å². The molecule has 0 spiro atoms. The van der Waals surface area contributed by atoms with E-state index >= 15 is 0 Å². The van der Waals surface area contributed by atoms with Gasteiger partial charge in [0.05, 0.1) is 6.07 Å². The smallest absolute Gasteiger partial charge is 0.254 e. The molecule has 3 rings (SSSR count). The second kappa shape index (κ2) is 6.69. The number of amides is 1. The number of thiophene rings is 1. The van der Waals surface area contributed by atoms with E-state index in [0.717, 1.165) is 4.88 Å². The molecule has 2 aromatic heterocycles. The molecule has 1 fully saturated rings. The Labute approximate surface area is 133 Å². The zero-order valence-corrected chi connectivity index (χ0v) is 12.9. The zero-order valence-electron chi connectivity index (χ0n) is 12.1. The van der Waals surface area contributed by atoms with Crippen LogP contribution < -0.4 is 0 Å². The van der Waals surface area contributed by atoms with Crippen LogP contribution in [0.5, 0.6) is 0 Å². The number of pyridine rings is 1. The fraction of sp³-hybridized carbons (Fsp3) is 0.312. The van der Waals surface area contributed by atoms with Gasteiger partial charge in [-0.15, -0.1) is 11.3 Å². The molecule has 2 aromatic rings. The van der Waals surface area contributed by atoms with E-state index in [9.17, 15) is 10.1 Å². The number of hydrogen-bond donors (Lipinski definition) is 0. The highest BCUT2D eigenvalue weighted by Crippen LogP contribution is 2.25. The summed E-state index contributed by atoms with van der Waals surface area (Å²) in [7, 11) is 0. The SMILES string of the molecule is N#CC(c1cccs1)N1CCN(C(=O)c2ccncc2)CC1. The number of nitriles is 1. The lowest BCUT2D eigenvalue weighted by Gasteiger charge is -2.36. The predicted molar refractivity (Wildman–Crippen MR) is 84.4 cm³/mol. The Kier molecular flexibility index (Phi) is 4.47. The molecule has 3 heterocycles. The molecule has 0 aromatic carbocycles. The van der Waals surface area contributed by atoms with Gasteiger partial charge in [-0.1, -0.05) is 6.07 Å². The molecule has 1 aliphatic rings. The van der Waals surface area contributed by atoms with Crippen LogP contribution in [0.4, 0.5) is 0 Å². The highest BCUT2D eigenvalue weighted by atomic mass is 32.1. The van der Waals surface area contributed by atoms with Crippen LogP contribution in [0.15, 0.2) is 42.0 Å². The molecule has 6 heteroatoms. The third-order valence-corrected chi connectivity index (χ3v) is 4.75.